The van der Waals surface area contributed by atoms with E-state index in [1.54, 1.807) is 46.9 Å². The number of thiophene rings is 1. The Labute approximate surface area is 165 Å². The average Bonchev–Trinajstić information content (AvgIpc) is 3.39. The molecule has 8 heteroatoms. The van der Waals surface area contributed by atoms with Crippen LogP contribution in [0.25, 0.3) is 21.5 Å². The number of hydrogen-bond donors (Lipinski definition) is 0. The molecule has 0 aliphatic carbocycles. The first-order valence-electron chi connectivity index (χ1n) is 9.23. The Morgan fingerprint density at radius 2 is 2.14 bits per heavy atom. The van der Waals surface area contributed by atoms with Gasteiger partial charge >= 0.3 is 0 Å². The molecule has 5 rings (SSSR count). The third kappa shape index (κ3) is 3.05. The monoisotopic (exact) mass is 390 g/mol. The molecular weight excluding hydrogens is 372 g/mol. The summed E-state index contributed by atoms with van der Waals surface area (Å²) < 4.78 is 1.57. The molecule has 1 atom stereocenters. The summed E-state index contributed by atoms with van der Waals surface area (Å²) in [6.07, 6.45) is 7.17. The topological polar surface area (TPSA) is 76.8 Å². The van der Waals surface area contributed by atoms with Crippen molar-refractivity contribution >= 4 is 27.4 Å². The Kier molecular flexibility index (Phi) is 4.32. The van der Waals surface area contributed by atoms with Crippen LogP contribution in [0, 0.1) is 0 Å². The summed E-state index contributed by atoms with van der Waals surface area (Å²) in [6, 6.07) is 9.38. The van der Waals surface area contributed by atoms with E-state index in [1.165, 1.54) is 0 Å². The molecule has 1 saturated heterocycles. The first-order valence-corrected chi connectivity index (χ1v) is 10.1. The molecule has 1 unspecified atom stereocenters. The van der Waals surface area contributed by atoms with Gasteiger partial charge in [0, 0.05) is 30.6 Å². The second-order valence-electron chi connectivity index (χ2n) is 6.81. The minimum Gasteiger partial charge on any atom is -0.351 e. The van der Waals surface area contributed by atoms with Crippen LogP contribution in [0.4, 0.5) is 5.82 Å². The lowest BCUT2D eigenvalue weighted by molar-refractivity contribution is 0.489. The van der Waals surface area contributed by atoms with Crippen LogP contribution in [0.1, 0.15) is 12.8 Å². The van der Waals surface area contributed by atoms with E-state index in [0.717, 1.165) is 46.7 Å². The number of aromatic nitrogens is 5. The molecule has 4 aromatic rings. The van der Waals surface area contributed by atoms with Crippen molar-refractivity contribution in [2.45, 2.75) is 25.4 Å². The summed E-state index contributed by atoms with van der Waals surface area (Å²) in [5.74, 6) is 0.949. The van der Waals surface area contributed by atoms with Crippen molar-refractivity contribution < 1.29 is 0 Å². The van der Waals surface area contributed by atoms with Crippen molar-refractivity contribution in [3.8, 4) is 11.3 Å². The zero-order chi connectivity index (χ0) is 18.9. The lowest BCUT2D eigenvalue weighted by Crippen LogP contribution is -2.37. The van der Waals surface area contributed by atoms with Gasteiger partial charge in [0.1, 0.15) is 17.0 Å². The van der Waals surface area contributed by atoms with Crippen LogP contribution < -0.4 is 10.5 Å². The maximum atomic E-state index is 12.4. The van der Waals surface area contributed by atoms with Crippen molar-refractivity contribution in [3.63, 3.8) is 0 Å². The summed E-state index contributed by atoms with van der Waals surface area (Å²) in [5, 5.41) is 7.71. The van der Waals surface area contributed by atoms with Gasteiger partial charge in [-0.3, -0.25) is 9.78 Å². The largest absolute Gasteiger partial charge is 0.351 e. The molecule has 140 valence electrons. The fourth-order valence-corrected chi connectivity index (χ4v) is 4.49. The summed E-state index contributed by atoms with van der Waals surface area (Å²) in [4.78, 5) is 28.8. The summed E-state index contributed by atoms with van der Waals surface area (Å²) in [5.41, 5.74) is 1.55. The van der Waals surface area contributed by atoms with E-state index in [4.69, 9.17) is 0 Å². The van der Waals surface area contributed by atoms with Crippen molar-refractivity contribution in [2.75, 3.05) is 11.4 Å². The van der Waals surface area contributed by atoms with Crippen LogP contribution in [0.5, 0.6) is 0 Å². The Morgan fingerprint density at radius 3 is 3.04 bits per heavy atom. The number of nitrogens with zero attached hydrogens (tertiary/aromatic N) is 6. The van der Waals surface area contributed by atoms with Crippen molar-refractivity contribution in [2.24, 2.45) is 0 Å². The zero-order valence-electron chi connectivity index (χ0n) is 15.1. The van der Waals surface area contributed by atoms with Crippen LogP contribution in [-0.4, -0.2) is 37.3 Å². The Morgan fingerprint density at radius 1 is 1.18 bits per heavy atom. The molecule has 1 aliphatic rings. The van der Waals surface area contributed by atoms with E-state index < -0.39 is 0 Å². The Balaban J connectivity index is 1.47. The van der Waals surface area contributed by atoms with Gasteiger partial charge in [0.25, 0.3) is 5.56 Å². The first kappa shape index (κ1) is 17.0. The quantitative estimate of drug-likeness (QED) is 0.533. The summed E-state index contributed by atoms with van der Waals surface area (Å²) in [6.45, 7) is 1.45. The number of pyridine rings is 1. The van der Waals surface area contributed by atoms with Crippen molar-refractivity contribution in [1.82, 2.24) is 24.7 Å². The highest BCUT2D eigenvalue weighted by atomic mass is 32.1. The molecule has 0 radical (unpaired) electrons. The molecule has 7 nitrogen and oxygen atoms in total. The lowest BCUT2D eigenvalue weighted by atomic mass is 10.2. The second-order valence-corrected chi connectivity index (χ2v) is 7.70. The fraction of sp³-hybridized carbons (Fsp3) is 0.250. The molecular formula is C20H18N6OS. The lowest BCUT2D eigenvalue weighted by Gasteiger charge is -2.26. The standard InChI is InChI=1S/C20H18N6OS/c27-18-6-5-17(14-3-1-8-21-11-14)24-26(18)12-15-4-2-9-25(15)19-16-7-10-28-20(16)23-13-22-19/h1,3,5-8,10-11,13,15H,2,4,9,12H2. The third-order valence-electron chi connectivity index (χ3n) is 5.10. The predicted octanol–water partition coefficient (Wildman–Crippen LogP) is 2.98. The van der Waals surface area contributed by atoms with Gasteiger partial charge in [0.2, 0.25) is 0 Å². The van der Waals surface area contributed by atoms with Gasteiger partial charge in [-0.1, -0.05) is 0 Å². The van der Waals surface area contributed by atoms with Gasteiger partial charge < -0.3 is 4.90 Å². The highest BCUT2D eigenvalue weighted by Crippen LogP contribution is 2.32. The van der Waals surface area contributed by atoms with Crippen molar-refractivity contribution in [1.29, 1.82) is 0 Å². The molecule has 4 aromatic heterocycles. The van der Waals surface area contributed by atoms with Gasteiger partial charge in [-0.15, -0.1) is 11.3 Å². The summed E-state index contributed by atoms with van der Waals surface area (Å²) >= 11 is 1.62. The number of hydrogen-bond acceptors (Lipinski definition) is 7. The predicted molar refractivity (Wildman–Crippen MR) is 110 cm³/mol. The van der Waals surface area contributed by atoms with Gasteiger partial charge in [0.15, 0.2) is 0 Å². The number of rotatable bonds is 4. The summed E-state index contributed by atoms with van der Waals surface area (Å²) in [7, 11) is 0. The molecule has 5 heterocycles. The molecule has 0 saturated carbocycles. The Bertz CT molecular complexity index is 1170. The molecule has 0 aromatic carbocycles. The molecule has 0 spiro atoms. The molecule has 0 amide bonds. The second kappa shape index (κ2) is 7.12. The third-order valence-corrected chi connectivity index (χ3v) is 5.92. The molecule has 28 heavy (non-hydrogen) atoms. The smallest absolute Gasteiger partial charge is 0.266 e. The van der Waals surface area contributed by atoms with E-state index >= 15 is 0 Å². The molecule has 1 aliphatic heterocycles. The first-order chi connectivity index (χ1) is 13.8. The molecule has 0 bridgehead atoms. The van der Waals surface area contributed by atoms with E-state index in [2.05, 4.69) is 31.0 Å². The van der Waals surface area contributed by atoms with E-state index in [1.807, 2.05) is 17.5 Å². The van der Waals surface area contributed by atoms with Gasteiger partial charge in [-0.25, -0.2) is 14.6 Å². The van der Waals surface area contributed by atoms with E-state index in [9.17, 15) is 4.79 Å². The van der Waals surface area contributed by atoms with Gasteiger partial charge in [-0.05, 0) is 42.5 Å². The molecule has 0 N–H and O–H groups in total. The maximum Gasteiger partial charge on any atom is 0.266 e. The van der Waals surface area contributed by atoms with Crippen molar-refractivity contribution in [3.05, 3.63) is 64.8 Å². The number of anilines is 1. The normalized spacial score (nSPS) is 16.7. The van der Waals surface area contributed by atoms with Crippen LogP contribution >= 0.6 is 11.3 Å². The highest BCUT2D eigenvalue weighted by Gasteiger charge is 2.28. The maximum absolute atomic E-state index is 12.4. The fourth-order valence-electron chi connectivity index (χ4n) is 3.76. The molecule has 1 fully saturated rings. The highest BCUT2D eigenvalue weighted by molar-refractivity contribution is 7.16. The zero-order valence-corrected chi connectivity index (χ0v) is 15.9. The van der Waals surface area contributed by atoms with Crippen LogP contribution in [0.2, 0.25) is 0 Å². The Hall–Kier alpha value is -3.13. The minimum atomic E-state index is -0.0946. The van der Waals surface area contributed by atoms with E-state index in [-0.39, 0.29) is 11.6 Å². The van der Waals surface area contributed by atoms with Crippen LogP contribution in [-0.2, 0) is 6.54 Å². The SMILES string of the molecule is O=c1ccc(-c2cccnc2)nn1CC1CCCN1c1ncnc2sccc12. The van der Waals surface area contributed by atoms with Crippen LogP contribution in [0.3, 0.4) is 0 Å². The van der Waals surface area contributed by atoms with Crippen LogP contribution in [0.15, 0.2) is 59.2 Å². The van der Waals surface area contributed by atoms with Gasteiger partial charge in [0.05, 0.1) is 23.7 Å². The van der Waals surface area contributed by atoms with Gasteiger partial charge in [-0.2, -0.15) is 5.10 Å². The minimum absolute atomic E-state index is 0.0946. The average molecular weight is 390 g/mol. The van der Waals surface area contributed by atoms with E-state index in [0.29, 0.717) is 6.54 Å². The number of fused-ring (bicyclic) bond motifs is 1.